The van der Waals surface area contributed by atoms with Gasteiger partial charge in [0.15, 0.2) is 5.15 Å². The van der Waals surface area contributed by atoms with Crippen molar-refractivity contribution in [1.82, 2.24) is 4.37 Å². The van der Waals surface area contributed by atoms with E-state index in [9.17, 15) is 0 Å². The summed E-state index contributed by atoms with van der Waals surface area (Å²) in [7, 11) is 0. The van der Waals surface area contributed by atoms with E-state index < -0.39 is 0 Å². The number of halogens is 1. The van der Waals surface area contributed by atoms with E-state index >= 15 is 0 Å². The fraction of sp³-hybridized carbons (Fsp3) is 0.636. The number of hydrogen-bond acceptors (Lipinski definition) is 4. The molecule has 1 N–H and O–H groups in total. The third-order valence-electron chi connectivity index (χ3n) is 2.84. The summed E-state index contributed by atoms with van der Waals surface area (Å²) in [6.45, 7) is 2.14. The van der Waals surface area contributed by atoms with E-state index in [0.717, 1.165) is 17.3 Å². The van der Waals surface area contributed by atoms with Crippen LogP contribution in [0.1, 0.15) is 38.2 Å². The lowest BCUT2D eigenvalue weighted by molar-refractivity contribution is 0.611. The fourth-order valence-electron chi connectivity index (χ4n) is 1.65. The van der Waals surface area contributed by atoms with Crippen molar-refractivity contribution in [3.63, 3.8) is 0 Å². The molecule has 0 amide bonds. The van der Waals surface area contributed by atoms with Gasteiger partial charge in [0, 0.05) is 6.04 Å². The molecule has 0 radical (unpaired) electrons. The van der Waals surface area contributed by atoms with Crippen LogP contribution in [0.2, 0.25) is 5.15 Å². The van der Waals surface area contributed by atoms with Gasteiger partial charge in [-0.2, -0.15) is 9.64 Å². The van der Waals surface area contributed by atoms with Crippen LogP contribution < -0.4 is 5.32 Å². The monoisotopic (exact) mass is 255 g/mol. The highest BCUT2D eigenvalue weighted by Crippen LogP contribution is 2.34. The molecule has 1 aliphatic carbocycles. The van der Waals surface area contributed by atoms with E-state index in [1.54, 1.807) is 0 Å². The normalized spacial score (nSPS) is 16.8. The Kier molecular flexibility index (Phi) is 3.67. The Labute approximate surface area is 105 Å². The molecular weight excluding hydrogens is 242 g/mol. The van der Waals surface area contributed by atoms with Gasteiger partial charge in [-0.15, -0.1) is 0 Å². The molecule has 1 aromatic rings. The molecule has 5 heteroatoms. The van der Waals surface area contributed by atoms with Crippen molar-refractivity contribution < 1.29 is 0 Å². The second kappa shape index (κ2) is 5.03. The molecule has 0 aromatic carbocycles. The van der Waals surface area contributed by atoms with Crippen molar-refractivity contribution in [3.05, 3.63) is 10.7 Å². The predicted octanol–water partition coefficient (Wildman–Crippen LogP) is 3.66. The molecule has 1 saturated carbocycles. The van der Waals surface area contributed by atoms with E-state index in [4.69, 9.17) is 16.9 Å². The topological polar surface area (TPSA) is 48.7 Å². The Hall–Kier alpha value is -0.790. The summed E-state index contributed by atoms with van der Waals surface area (Å²) >= 11 is 7.07. The van der Waals surface area contributed by atoms with Crippen LogP contribution in [-0.2, 0) is 0 Å². The third-order valence-corrected chi connectivity index (χ3v) is 4.00. The van der Waals surface area contributed by atoms with Crippen LogP contribution in [0.25, 0.3) is 0 Å². The summed E-state index contributed by atoms with van der Waals surface area (Å²) in [5.41, 5.74) is 0.477. The van der Waals surface area contributed by atoms with Gasteiger partial charge in [0.05, 0.1) is 0 Å². The molecule has 1 aliphatic rings. The number of anilines is 1. The lowest BCUT2D eigenvalue weighted by Gasteiger charge is -2.12. The molecule has 2 rings (SSSR count). The highest BCUT2D eigenvalue weighted by molar-refractivity contribution is 7.10. The molecule has 0 spiro atoms. The van der Waals surface area contributed by atoms with Crippen molar-refractivity contribution >= 4 is 28.1 Å². The average molecular weight is 256 g/mol. The fourth-order valence-corrected chi connectivity index (χ4v) is 2.70. The minimum absolute atomic E-state index is 0.310. The number of nitrogens with one attached hydrogen (secondary N) is 1. The summed E-state index contributed by atoms with van der Waals surface area (Å²) < 4.78 is 3.97. The minimum atomic E-state index is 0.310. The Morgan fingerprint density at radius 3 is 3.06 bits per heavy atom. The SMILES string of the molecule is CC(CCC1CC1)Nc1snc(Cl)c1C#N. The van der Waals surface area contributed by atoms with Gasteiger partial charge in [0.25, 0.3) is 0 Å². The number of hydrogen-bond donors (Lipinski definition) is 1. The lowest BCUT2D eigenvalue weighted by Crippen LogP contribution is -2.14. The van der Waals surface area contributed by atoms with Crippen molar-refractivity contribution in [2.24, 2.45) is 5.92 Å². The van der Waals surface area contributed by atoms with Crippen molar-refractivity contribution in [1.29, 1.82) is 5.26 Å². The van der Waals surface area contributed by atoms with Gasteiger partial charge in [-0.05, 0) is 37.2 Å². The molecule has 86 valence electrons. The predicted molar refractivity (Wildman–Crippen MR) is 66.9 cm³/mol. The van der Waals surface area contributed by atoms with Gasteiger partial charge in [0.1, 0.15) is 16.6 Å². The first-order valence-electron chi connectivity index (χ1n) is 5.52. The van der Waals surface area contributed by atoms with Gasteiger partial charge in [-0.1, -0.05) is 24.4 Å². The summed E-state index contributed by atoms with van der Waals surface area (Å²) in [6.07, 6.45) is 5.21. The van der Waals surface area contributed by atoms with E-state index in [-0.39, 0.29) is 0 Å². The molecule has 0 aliphatic heterocycles. The third kappa shape index (κ3) is 2.87. The molecule has 1 atom stereocenters. The summed E-state index contributed by atoms with van der Waals surface area (Å²) in [5, 5.41) is 13.3. The zero-order valence-electron chi connectivity index (χ0n) is 9.16. The first kappa shape index (κ1) is 11.7. The van der Waals surface area contributed by atoms with Gasteiger partial charge in [0.2, 0.25) is 0 Å². The van der Waals surface area contributed by atoms with Crippen LogP contribution in [0.5, 0.6) is 0 Å². The number of aromatic nitrogens is 1. The number of rotatable bonds is 5. The van der Waals surface area contributed by atoms with Crippen molar-refractivity contribution in [3.8, 4) is 6.07 Å². The molecule has 16 heavy (non-hydrogen) atoms. The zero-order chi connectivity index (χ0) is 11.5. The summed E-state index contributed by atoms with van der Waals surface area (Å²) in [6, 6.07) is 2.46. The maximum absolute atomic E-state index is 8.92. The molecule has 3 nitrogen and oxygen atoms in total. The summed E-state index contributed by atoms with van der Waals surface area (Å²) in [4.78, 5) is 0. The van der Waals surface area contributed by atoms with E-state index in [1.807, 2.05) is 0 Å². The Balaban J connectivity index is 1.89. The maximum atomic E-state index is 8.92. The minimum Gasteiger partial charge on any atom is -0.372 e. The van der Waals surface area contributed by atoms with E-state index in [0.29, 0.717) is 16.8 Å². The van der Waals surface area contributed by atoms with E-state index in [2.05, 4.69) is 22.7 Å². The molecule has 0 saturated heterocycles. The van der Waals surface area contributed by atoms with Crippen LogP contribution in [0.15, 0.2) is 0 Å². The highest BCUT2D eigenvalue weighted by atomic mass is 35.5. The quantitative estimate of drug-likeness (QED) is 0.874. The van der Waals surface area contributed by atoms with Gasteiger partial charge in [-0.3, -0.25) is 0 Å². The highest BCUT2D eigenvalue weighted by Gasteiger charge is 2.22. The summed E-state index contributed by atoms with van der Waals surface area (Å²) in [5.74, 6) is 0.949. The van der Waals surface area contributed by atoms with Gasteiger partial charge in [-0.25, -0.2) is 0 Å². The zero-order valence-corrected chi connectivity index (χ0v) is 10.7. The van der Waals surface area contributed by atoms with Crippen LogP contribution >= 0.6 is 23.1 Å². The second-order valence-electron chi connectivity index (χ2n) is 4.36. The lowest BCUT2D eigenvalue weighted by atomic mass is 10.1. The van der Waals surface area contributed by atoms with E-state index in [1.165, 1.54) is 30.8 Å². The first-order chi connectivity index (χ1) is 7.70. The molecule has 0 bridgehead atoms. The van der Waals surface area contributed by atoms with Gasteiger partial charge < -0.3 is 5.32 Å². The first-order valence-corrected chi connectivity index (χ1v) is 6.67. The Morgan fingerprint density at radius 2 is 2.44 bits per heavy atom. The van der Waals surface area contributed by atoms with Crippen LogP contribution in [0, 0.1) is 17.2 Å². The van der Waals surface area contributed by atoms with Crippen molar-refractivity contribution in [2.45, 2.75) is 38.6 Å². The smallest absolute Gasteiger partial charge is 0.162 e. The molecule has 1 fully saturated rings. The Morgan fingerprint density at radius 1 is 1.69 bits per heavy atom. The van der Waals surface area contributed by atoms with Crippen LogP contribution in [-0.4, -0.2) is 10.4 Å². The van der Waals surface area contributed by atoms with Gasteiger partial charge >= 0.3 is 0 Å². The largest absolute Gasteiger partial charge is 0.372 e. The average Bonchev–Trinajstić information content (AvgIpc) is 3.02. The standard InChI is InChI=1S/C11H14ClN3S/c1-7(2-3-8-4-5-8)14-11-9(6-13)10(12)15-16-11/h7-8,14H,2-5H2,1H3. The van der Waals surface area contributed by atoms with Crippen LogP contribution in [0.3, 0.4) is 0 Å². The molecule has 1 unspecified atom stereocenters. The Bertz CT molecular complexity index is 406. The number of nitriles is 1. The molecular formula is C11H14ClN3S. The molecule has 1 heterocycles. The maximum Gasteiger partial charge on any atom is 0.162 e. The molecule has 1 aromatic heterocycles. The van der Waals surface area contributed by atoms with Crippen molar-refractivity contribution in [2.75, 3.05) is 5.32 Å². The van der Waals surface area contributed by atoms with Crippen LogP contribution in [0.4, 0.5) is 5.00 Å². The number of nitrogens with zero attached hydrogens (tertiary/aromatic N) is 2. The second-order valence-corrected chi connectivity index (χ2v) is 5.49.